The molecule has 1 aliphatic carbocycles. The predicted octanol–water partition coefficient (Wildman–Crippen LogP) is 3.19. The average Bonchev–Trinajstić information content (AvgIpc) is 3.44. The van der Waals surface area contributed by atoms with Gasteiger partial charge in [0.1, 0.15) is 17.3 Å². The van der Waals surface area contributed by atoms with Gasteiger partial charge in [-0.1, -0.05) is 0 Å². The van der Waals surface area contributed by atoms with Crippen LogP contribution in [0.2, 0.25) is 0 Å². The van der Waals surface area contributed by atoms with E-state index >= 15 is 0 Å². The predicted molar refractivity (Wildman–Crippen MR) is 108 cm³/mol. The fourth-order valence-corrected chi connectivity index (χ4v) is 3.11. The minimum atomic E-state index is -0.827. The van der Waals surface area contributed by atoms with Gasteiger partial charge in [-0.05, 0) is 57.9 Å². The van der Waals surface area contributed by atoms with Gasteiger partial charge >= 0.3 is 0 Å². The van der Waals surface area contributed by atoms with Gasteiger partial charge in [-0.25, -0.2) is 4.39 Å². The number of anilines is 1. The van der Waals surface area contributed by atoms with Crippen molar-refractivity contribution in [3.8, 4) is 11.8 Å². The second-order valence-electron chi connectivity index (χ2n) is 8.51. The number of halogens is 1. The first kappa shape index (κ1) is 21.2. The molecule has 3 rings (SSSR count). The number of phenols is 1. The summed E-state index contributed by atoms with van der Waals surface area (Å²) >= 11 is 0. The molecule has 0 saturated heterocycles. The Morgan fingerprint density at radius 3 is 2.60 bits per heavy atom. The third-order valence-corrected chi connectivity index (χ3v) is 4.76. The van der Waals surface area contributed by atoms with Crippen LogP contribution in [0.1, 0.15) is 55.2 Å². The fourth-order valence-electron chi connectivity index (χ4n) is 3.11. The smallest absolute Gasteiger partial charge is 0.270 e. The van der Waals surface area contributed by atoms with Crippen molar-refractivity contribution < 1.29 is 19.1 Å². The molecule has 3 N–H and O–H groups in total. The highest BCUT2D eigenvalue weighted by atomic mass is 19.1. The van der Waals surface area contributed by atoms with Crippen molar-refractivity contribution in [2.24, 2.45) is 0 Å². The summed E-state index contributed by atoms with van der Waals surface area (Å²) in [7, 11) is 0. The van der Waals surface area contributed by atoms with Crippen LogP contribution in [0.25, 0.3) is 0 Å². The zero-order valence-corrected chi connectivity index (χ0v) is 17.0. The van der Waals surface area contributed by atoms with Gasteiger partial charge in [0.25, 0.3) is 5.91 Å². The highest BCUT2D eigenvalue weighted by Gasteiger charge is 2.47. The Bertz CT molecular complexity index is 1050. The van der Waals surface area contributed by atoms with Crippen LogP contribution < -0.4 is 10.6 Å². The van der Waals surface area contributed by atoms with Crippen LogP contribution in [0.15, 0.2) is 30.5 Å². The second-order valence-corrected chi connectivity index (χ2v) is 8.51. The number of rotatable bonds is 5. The van der Waals surface area contributed by atoms with E-state index in [1.807, 2.05) is 20.8 Å². The van der Waals surface area contributed by atoms with E-state index in [0.29, 0.717) is 18.5 Å². The van der Waals surface area contributed by atoms with E-state index in [4.69, 9.17) is 0 Å². The Kier molecular flexibility index (Phi) is 5.49. The van der Waals surface area contributed by atoms with Crippen molar-refractivity contribution in [1.82, 2.24) is 10.3 Å². The van der Waals surface area contributed by atoms with E-state index in [9.17, 15) is 24.3 Å². The van der Waals surface area contributed by atoms with E-state index in [0.717, 1.165) is 6.07 Å². The standard InChI is InChI=1S/C22H23FN4O3/c1-21(2,3)27-20(30)17-10-14(4-7-25-17)26-19(29)9-13-8-18(28)15(11-16(13)23)22(12-24)5-6-22/h4,7-8,10-11,28H,5-6,9H2,1-3H3,(H,27,30)(H,25,26,29). The van der Waals surface area contributed by atoms with Crippen LogP contribution in [0.3, 0.4) is 0 Å². The number of phenolic OH excluding ortho intramolecular Hbond substituents is 1. The van der Waals surface area contributed by atoms with Gasteiger partial charge < -0.3 is 15.7 Å². The molecule has 0 unspecified atom stereocenters. The molecular weight excluding hydrogens is 387 g/mol. The molecule has 1 aromatic heterocycles. The molecule has 0 atom stereocenters. The number of hydrogen-bond acceptors (Lipinski definition) is 5. The number of pyridine rings is 1. The third kappa shape index (κ3) is 4.74. The molecule has 2 amide bonds. The Balaban J connectivity index is 1.71. The number of nitriles is 1. The Morgan fingerprint density at radius 1 is 1.30 bits per heavy atom. The summed E-state index contributed by atoms with van der Waals surface area (Å²) in [6.07, 6.45) is 2.23. The SMILES string of the molecule is CC(C)(C)NC(=O)c1cc(NC(=O)Cc2cc(O)c(C3(C#N)CC3)cc2F)ccn1. The number of carbonyl (C=O) groups is 2. The normalized spacial score (nSPS) is 14.5. The lowest BCUT2D eigenvalue weighted by atomic mass is 9.94. The van der Waals surface area contributed by atoms with Crippen molar-refractivity contribution in [3.05, 3.63) is 53.1 Å². The number of benzene rings is 1. The molecule has 0 radical (unpaired) electrons. The zero-order chi connectivity index (χ0) is 22.1. The van der Waals surface area contributed by atoms with Crippen LogP contribution in [0.4, 0.5) is 10.1 Å². The van der Waals surface area contributed by atoms with E-state index in [1.54, 1.807) is 0 Å². The summed E-state index contributed by atoms with van der Waals surface area (Å²) in [5.74, 6) is -1.74. The molecule has 1 saturated carbocycles. The summed E-state index contributed by atoms with van der Waals surface area (Å²) in [6.45, 7) is 5.52. The number of nitrogens with zero attached hydrogens (tertiary/aromatic N) is 2. The summed E-state index contributed by atoms with van der Waals surface area (Å²) in [5, 5.41) is 24.8. The Morgan fingerprint density at radius 2 is 2.00 bits per heavy atom. The molecule has 1 aromatic carbocycles. The van der Waals surface area contributed by atoms with Gasteiger partial charge in [-0.15, -0.1) is 0 Å². The summed E-state index contributed by atoms with van der Waals surface area (Å²) < 4.78 is 14.5. The molecule has 30 heavy (non-hydrogen) atoms. The van der Waals surface area contributed by atoms with E-state index < -0.39 is 22.7 Å². The number of carbonyl (C=O) groups excluding carboxylic acids is 2. The maximum absolute atomic E-state index is 14.5. The number of amides is 2. The van der Waals surface area contributed by atoms with Crippen LogP contribution in [0, 0.1) is 17.1 Å². The van der Waals surface area contributed by atoms with Gasteiger partial charge in [0.05, 0.1) is 17.9 Å². The Labute approximate surface area is 173 Å². The van der Waals surface area contributed by atoms with Gasteiger partial charge in [-0.3, -0.25) is 14.6 Å². The molecule has 0 bridgehead atoms. The van der Waals surface area contributed by atoms with Gasteiger partial charge in [0, 0.05) is 28.6 Å². The van der Waals surface area contributed by atoms with Crippen molar-refractivity contribution in [2.75, 3.05) is 5.32 Å². The van der Waals surface area contributed by atoms with E-state index in [2.05, 4.69) is 21.7 Å². The molecule has 0 spiro atoms. The van der Waals surface area contributed by atoms with E-state index in [-0.39, 0.29) is 34.9 Å². The molecular formula is C22H23FN4O3. The minimum Gasteiger partial charge on any atom is -0.508 e. The first-order valence-corrected chi connectivity index (χ1v) is 9.54. The summed E-state index contributed by atoms with van der Waals surface area (Å²) in [6, 6.07) is 7.39. The lowest BCUT2D eigenvalue weighted by Crippen LogP contribution is -2.40. The van der Waals surface area contributed by atoms with Crippen molar-refractivity contribution in [3.63, 3.8) is 0 Å². The van der Waals surface area contributed by atoms with Crippen LogP contribution in [0.5, 0.6) is 5.75 Å². The zero-order valence-electron chi connectivity index (χ0n) is 17.0. The molecule has 7 nitrogen and oxygen atoms in total. The van der Waals surface area contributed by atoms with E-state index in [1.165, 1.54) is 24.4 Å². The molecule has 2 aromatic rings. The van der Waals surface area contributed by atoms with Gasteiger partial charge in [0.2, 0.25) is 5.91 Å². The summed E-state index contributed by atoms with van der Waals surface area (Å²) in [4.78, 5) is 28.6. The van der Waals surface area contributed by atoms with Crippen LogP contribution in [-0.2, 0) is 16.6 Å². The largest absolute Gasteiger partial charge is 0.508 e. The van der Waals surface area contributed by atoms with Crippen LogP contribution >= 0.6 is 0 Å². The third-order valence-electron chi connectivity index (χ3n) is 4.76. The lowest BCUT2D eigenvalue weighted by molar-refractivity contribution is -0.115. The maximum Gasteiger partial charge on any atom is 0.270 e. The van der Waals surface area contributed by atoms with Gasteiger partial charge in [0.15, 0.2) is 0 Å². The topological polar surface area (TPSA) is 115 Å². The first-order valence-electron chi connectivity index (χ1n) is 9.54. The first-order chi connectivity index (χ1) is 14.0. The number of nitrogens with one attached hydrogen (secondary N) is 2. The maximum atomic E-state index is 14.5. The minimum absolute atomic E-state index is 0.0160. The van der Waals surface area contributed by atoms with Crippen LogP contribution in [-0.4, -0.2) is 27.4 Å². The highest BCUT2D eigenvalue weighted by molar-refractivity contribution is 5.96. The monoisotopic (exact) mass is 410 g/mol. The fraction of sp³-hybridized carbons (Fsp3) is 0.364. The van der Waals surface area contributed by atoms with Crippen molar-refractivity contribution >= 4 is 17.5 Å². The van der Waals surface area contributed by atoms with Crippen molar-refractivity contribution in [1.29, 1.82) is 5.26 Å². The highest BCUT2D eigenvalue weighted by Crippen LogP contribution is 2.50. The lowest BCUT2D eigenvalue weighted by Gasteiger charge is -2.20. The number of hydrogen-bond donors (Lipinski definition) is 3. The quantitative estimate of drug-likeness (QED) is 0.700. The second kappa shape index (κ2) is 7.75. The average molecular weight is 410 g/mol. The number of aromatic nitrogens is 1. The Hall–Kier alpha value is -3.47. The number of aromatic hydroxyl groups is 1. The molecule has 156 valence electrons. The van der Waals surface area contributed by atoms with Gasteiger partial charge in [-0.2, -0.15) is 5.26 Å². The molecule has 0 aliphatic heterocycles. The van der Waals surface area contributed by atoms with Crippen molar-refractivity contribution in [2.45, 2.75) is 51.0 Å². The molecule has 1 aliphatic rings. The molecule has 1 heterocycles. The molecule has 8 heteroatoms. The summed E-state index contributed by atoms with van der Waals surface area (Å²) in [5.41, 5.74) is -0.502. The molecule has 1 fully saturated rings.